The van der Waals surface area contributed by atoms with Gasteiger partial charge in [0, 0.05) is 12.9 Å². The Morgan fingerprint density at radius 2 is 1.67 bits per heavy atom. The number of aliphatic carboxylic acids is 1. The van der Waals surface area contributed by atoms with Gasteiger partial charge in [0.2, 0.25) is 0 Å². The van der Waals surface area contributed by atoms with E-state index in [0.717, 1.165) is 0 Å². The van der Waals surface area contributed by atoms with E-state index in [-0.39, 0.29) is 11.2 Å². The minimum absolute atomic E-state index is 0.130. The Balaban J connectivity index is 3.36. The molecule has 18 heavy (non-hydrogen) atoms. The van der Waals surface area contributed by atoms with Crippen LogP contribution >= 0.6 is 11.8 Å². The van der Waals surface area contributed by atoms with Gasteiger partial charge in [-0.25, -0.2) is 0 Å². The summed E-state index contributed by atoms with van der Waals surface area (Å²) in [6.07, 6.45) is 0. The number of carboxylic acids is 1. The molecule has 0 aliphatic rings. The second-order valence-electron chi connectivity index (χ2n) is 4.09. The second-order valence-corrected chi connectivity index (χ2v) is 5.34. The molecule has 0 saturated heterocycles. The van der Waals surface area contributed by atoms with E-state index in [2.05, 4.69) is 0 Å². The smallest absolute Gasteiger partial charge is 0.316 e. The van der Waals surface area contributed by atoms with Crippen molar-refractivity contribution in [3.05, 3.63) is 0 Å². The average Bonchev–Trinajstić information content (AvgIpc) is 2.30. The molecule has 1 unspecified atom stereocenters. The highest BCUT2D eigenvalue weighted by Crippen LogP contribution is 2.19. The molecule has 0 bridgehead atoms. The summed E-state index contributed by atoms with van der Waals surface area (Å²) in [5.74, 6) is 0.0653. The number of carbonyl (C=O) groups is 1. The maximum absolute atomic E-state index is 10.9. The van der Waals surface area contributed by atoms with Crippen LogP contribution in [0.5, 0.6) is 0 Å². The van der Waals surface area contributed by atoms with Gasteiger partial charge >= 0.3 is 5.97 Å². The Morgan fingerprint density at radius 3 is 2.17 bits per heavy atom. The van der Waals surface area contributed by atoms with E-state index in [1.165, 1.54) is 11.8 Å². The Bertz CT molecular complexity index is 211. The molecule has 0 aromatic rings. The molecular weight excluding hydrogens is 256 g/mol. The molecular formula is C12H24O5S. The van der Waals surface area contributed by atoms with Gasteiger partial charge in [-0.1, -0.05) is 13.8 Å². The molecule has 1 N–H and O–H groups in total. The fraction of sp³-hybridized carbons (Fsp3) is 0.917. The van der Waals surface area contributed by atoms with Crippen molar-refractivity contribution in [3.63, 3.8) is 0 Å². The van der Waals surface area contributed by atoms with E-state index >= 15 is 0 Å². The molecule has 0 aliphatic carbocycles. The molecule has 5 nitrogen and oxygen atoms in total. The maximum atomic E-state index is 10.9. The minimum atomic E-state index is -0.752. The minimum Gasteiger partial charge on any atom is -0.480 e. The predicted octanol–water partition coefficient (Wildman–Crippen LogP) is 1.51. The molecule has 0 saturated carbocycles. The Hall–Kier alpha value is -0.300. The van der Waals surface area contributed by atoms with E-state index in [1.54, 1.807) is 7.11 Å². The summed E-state index contributed by atoms with van der Waals surface area (Å²) in [5, 5.41) is 8.62. The van der Waals surface area contributed by atoms with Crippen molar-refractivity contribution in [1.82, 2.24) is 0 Å². The van der Waals surface area contributed by atoms with Crippen LogP contribution in [-0.4, -0.2) is 62.2 Å². The van der Waals surface area contributed by atoms with Gasteiger partial charge in [-0.05, 0) is 5.92 Å². The summed E-state index contributed by atoms with van der Waals surface area (Å²) in [6, 6.07) is 0. The summed E-state index contributed by atoms with van der Waals surface area (Å²) < 4.78 is 15.4. The first kappa shape index (κ1) is 17.7. The van der Waals surface area contributed by atoms with Crippen LogP contribution in [0.1, 0.15) is 13.8 Å². The van der Waals surface area contributed by atoms with Crippen molar-refractivity contribution in [2.45, 2.75) is 19.1 Å². The highest BCUT2D eigenvalue weighted by Gasteiger charge is 2.21. The number of thioether (sulfide) groups is 1. The van der Waals surface area contributed by atoms with Gasteiger partial charge in [-0.3, -0.25) is 4.79 Å². The molecule has 0 aliphatic heterocycles. The van der Waals surface area contributed by atoms with Crippen LogP contribution in [0.4, 0.5) is 0 Å². The molecule has 0 spiro atoms. The van der Waals surface area contributed by atoms with Gasteiger partial charge in [0.15, 0.2) is 0 Å². The Morgan fingerprint density at radius 1 is 1.11 bits per heavy atom. The third-order valence-corrected chi connectivity index (χ3v) is 3.69. The van der Waals surface area contributed by atoms with Crippen LogP contribution in [0.3, 0.4) is 0 Å². The van der Waals surface area contributed by atoms with Gasteiger partial charge in [-0.15, -0.1) is 11.8 Å². The van der Waals surface area contributed by atoms with Crippen molar-refractivity contribution in [3.8, 4) is 0 Å². The van der Waals surface area contributed by atoms with Crippen LogP contribution < -0.4 is 0 Å². The van der Waals surface area contributed by atoms with Crippen LogP contribution in [0.15, 0.2) is 0 Å². The van der Waals surface area contributed by atoms with Crippen LogP contribution in [0.25, 0.3) is 0 Å². The second kappa shape index (κ2) is 11.8. The fourth-order valence-electron chi connectivity index (χ4n) is 1.25. The van der Waals surface area contributed by atoms with E-state index in [9.17, 15) is 4.79 Å². The summed E-state index contributed by atoms with van der Waals surface area (Å²) in [4.78, 5) is 10.9. The first-order valence-electron chi connectivity index (χ1n) is 6.08. The van der Waals surface area contributed by atoms with Crippen molar-refractivity contribution in [2.75, 3.05) is 45.9 Å². The third kappa shape index (κ3) is 9.70. The maximum Gasteiger partial charge on any atom is 0.316 e. The molecule has 1 atom stereocenters. The Labute approximate surface area is 113 Å². The monoisotopic (exact) mass is 280 g/mol. The molecule has 0 fully saturated rings. The fourth-order valence-corrected chi connectivity index (χ4v) is 2.24. The van der Waals surface area contributed by atoms with Crippen molar-refractivity contribution in [1.29, 1.82) is 0 Å². The largest absolute Gasteiger partial charge is 0.480 e. The molecule has 0 aromatic carbocycles. The molecule has 0 rings (SSSR count). The average molecular weight is 280 g/mol. The normalized spacial score (nSPS) is 12.9. The topological polar surface area (TPSA) is 65.0 Å². The van der Waals surface area contributed by atoms with Gasteiger partial charge in [-0.2, -0.15) is 0 Å². The summed E-state index contributed by atoms with van der Waals surface area (Å²) in [5.41, 5.74) is 0. The van der Waals surface area contributed by atoms with E-state index in [0.29, 0.717) is 38.8 Å². The van der Waals surface area contributed by atoms with Crippen LogP contribution in [0, 0.1) is 5.92 Å². The van der Waals surface area contributed by atoms with Gasteiger partial charge in [0.05, 0.1) is 33.0 Å². The van der Waals surface area contributed by atoms with Crippen molar-refractivity contribution < 1.29 is 24.1 Å². The number of hydrogen-bond donors (Lipinski definition) is 1. The first-order valence-corrected chi connectivity index (χ1v) is 7.13. The molecule has 0 heterocycles. The Kier molecular flexibility index (Phi) is 11.6. The highest BCUT2D eigenvalue weighted by atomic mass is 32.2. The molecule has 108 valence electrons. The lowest BCUT2D eigenvalue weighted by Gasteiger charge is -2.15. The third-order valence-electron chi connectivity index (χ3n) is 2.18. The summed E-state index contributed by atoms with van der Waals surface area (Å²) in [6.45, 7) is 6.61. The number of hydrogen-bond acceptors (Lipinski definition) is 5. The number of carboxylic acid groups (broad SMARTS) is 1. The molecule has 0 aromatic heterocycles. The zero-order valence-electron chi connectivity index (χ0n) is 11.4. The van der Waals surface area contributed by atoms with E-state index in [1.807, 2.05) is 13.8 Å². The number of ether oxygens (including phenoxy) is 3. The highest BCUT2D eigenvalue weighted by molar-refractivity contribution is 8.00. The van der Waals surface area contributed by atoms with Crippen LogP contribution in [-0.2, 0) is 19.0 Å². The van der Waals surface area contributed by atoms with Gasteiger partial charge < -0.3 is 19.3 Å². The number of methoxy groups -OCH3 is 1. The zero-order chi connectivity index (χ0) is 13.8. The van der Waals surface area contributed by atoms with E-state index < -0.39 is 5.97 Å². The lowest BCUT2D eigenvalue weighted by Crippen LogP contribution is -2.23. The standard InChI is InChI=1S/C12H24O5S/c1-10(2)11(12(13)14)18-9-8-17-7-6-16-5-4-15-3/h10-11H,4-9H2,1-3H3,(H,13,14). The quantitative estimate of drug-likeness (QED) is 0.547. The van der Waals surface area contributed by atoms with Crippen molar-refractivity contribution >= 4 is 17.7 Å². The number of rotatable bonds is 12. The van der Waals surface area contributed by atoms with Gasteiger partial charge in [0.25, 0.3) is 0 Å². The zero-order valence-corrected chi connectivity index (χ0v) is 12.2. The van der Waals surface area contributed by atoms with Crippen LogP contribution in [0.2, 0.25) is 0 Å². The lowest BCUT2D eigenvalue weighted by molar-refractivity contribution is -0.137. The molecule has 0 amide bonds. The van der Waals surface area contributed by atoms with E-state index in [4.69, 9.17) is 19.3 Å². The predicted molar refractivity (Wildman–Crippen MR) is 72.2 cm³/mol. The lowest BCUT2D eigenvalue weighted by atomic mass is 10.1. The first-order chi connectivity index (χ1) is 8.59. The summed E-state index contributed by atoms with van der Waals surface area (Å²) >= 11 is 1.42. The molecule has 0 radical (unpaired) electrons. The van der Waals surface area contributed by atoms with Gasteiger partial charge in [0.1, 0.15) is 5.25 Å². The van der Waals surface area contributed by atoms with Crippen molar-refractivity contribution in [2.24, 2.45) is 5.92 Å². The SMILES string of the molecule is COCCOCCOCCSC(C(=O)O)C(C)C. The molecule has 6 heteroatoms. The summed E-state index contributed by atoms with van der Waals surface area (Å²) in [7, 11) is 1.63.